The minimum atomic E-state index is -3.89. The summed E-state index contributed by atoms with van der Waals surface area (Å²) in [4.78, 5) is 16.1. The fourth-order valence-electron chi connectivity index (χ4n) is 3.22. The number of carbonyl (C=O) groups excluding carboxylic acids is 1. The SMILES string of the molecule is C=[N+](c1c([CH2+])cc(C)cc1C)S(=O)(=O)c1ccc(NC(=O)NCc2cccnc2)cc1. The third-order valence-corrected chi connectivity index (χ3v) is 6.28. The van der Waals surface area contributed by atoms with Crippen molar-refractivity contribution >= 4 is 34.1 Å². The highest BCUT2D eigenvalue weighted by Crippen LogP contribution is 2.29. The highest BCUT2D eigenvalue weighted by atomic mass is 32.2. The predicted octanol–water partition coefficient (Wildman–Crippen LogP) is 3.94. The fourth-order valence-corrected chi connectivity index (χ4v) is 4.46. The topological polar surface area (TPSA) is 91.2 Å². The van der Waals surface area contributed by atoms with Crippen LogP contribution in [0.15, 0.2) is 65.8 Å². The second kappa shape index (κ2) is 9.01. The monoisotopic (exact) mass is 436 g/mol. The van der Waals surface area contributed by atoms with Crippen molar-refractivity contribution in [1.29, 1.82) is 0 Å². The summed E-state index contributed by atoms with van der Waals surface area (Å²) in [5, 5.41) is 5.39. The molecule has 0 aliphatic heterocycles. The molecular formula is C23H24N4O3S+2. The summed E-state index contributed by atoms with van der Waals surface area (Å²) < 4.78 is 27.1. The van der Waals surface area contributed by atoms with Crippen molar-refractivity contribution in [3.63, 3.8) is 0 Å². The van der Waals surface area contributed by atoms with E-state index in [-0.39, 0.29) is 4.90 Å². The fraction of sp³-hybridized carbons (Fsp3) is 0.130. The van der Waals surface area contributed by atoms with Gasteiger partial charge >= 0.3 is 21.7 Å². The molecule has 31 heavy (non-hydrogen) atoms. The number of hydrogen-bond donors (Lipinski definition) is 2. The van der Waals surface area contributed by atoms with E-state index in [9.17, 15) is 13.2 Å². The molecule has 0 aliphatic rings. The number of aromatic nitrogens is 1. The number of pyridine rings is 1. The maximum atomic E-state index is 13.0. The Balaban J connectivity index is 1.71. The number of urea groups is 1. The molecule has 8 heteroatoms. The molecule has 0 bridgehead atoms. The molecule has 158 valence electrons. The van der Waals surface area contributed by atoms with E-state index in [0.717, 1.165) is 20.7 Å². The summed E-state index contributed by atoms with van der Waals surface area (Å²) in [6, 6.07) is 12.8. The van der Waals surface area contributed by atoms with Crippen LogP contribution in [-0.2, 0) is 16.6 Å². The van der Waals surface area contributed by atoms with Gasteiger partial charge in [-0.3, -0.25) is 4.98 Å². The minimum absolute atomic E-state index is 0.0585. The molecule has 1 aromatic heterocycles. The Morgan fingerprint density at radius 1 is 1.16 bits per heavy atom. The highest BCUT2D eigenvalue weighted by molar-refractivity contribution is 7.85. The molecule has 0 fully saturated rings. The third-order valence-electron chi connectivity index (χ3n) is 4.65. The molecule has 3 rings (SSSR count). The van der Waals surface area contributed by atoms with Crippen LogP contribution >= 0.6 is 0 Å². The van der Waals surface area contributed by atoms with Gasteiger partial charge in [-0.2, -0.15) is 8.42 Å². The first-order valence-corrected chi connectivity index (χ1v) is 11.0. The van der Waals surface area contributed by atoms with Crippen molar-refractivity contribution in [2.45, 2.75) is 25.3 Å². The van der Waals surface area contributed by atoms with Gasteiger partial charge in [-0.15, -0.1) is 0 Å². The number of anilines is 1. The van der Waals surface area contributed by atoms with Crippen molar-refractivity contribution in [2.75, 3.05) is 5.32 Å². The number of aryl methyl sites for hydroxylation is 2. The predicted molar refractivity (Wildman–Crippen MR) is 121 cm³/mol. The van der Waals surface area contributed by atoms with Gasteiger partial charge in [0.15, 0.2) is 6.72 Å². The summed E-state index contributed by atoms with van der Waals surface area (Å²) in [5.41, 5.74) is 4.12. The molecule has 2 N–H and O–H groups in total. The zero-order valence-electron chi connectivity index (χ0n) is 17.4. The number of benzene rings is 2. The molecular weight excluding hydrogens is 412 g/mol. The van der Waals surface area contributed by atoms with Crippen LogP contribution in [0.3, 0.4) is 0 Å². The van der Waals surface area contributed by atoms with Crippen LogP contribution in [0.25, 0.3) is 0 Å². The van der Waals surface area contributed by atoms with E-state index >= 15 is 0 Å². The van der Waals surface area contributed by atoms with Crippen molar-refractivity contribution in [3.05, 3.63) is 90.1 Å². The van der Waals surface area contributed by atoms with Crippen LogP contribution in [0.4, 0.5) is 16.2 Å². The Labute approximate surface area is 182 Å². The molecule has 0 radical (unpaired) electrons. The van der Waals surface area contributed by atoms with Crippen LogP contribution in [0.2, 0.25) is 0 Å². The standard InChI is InChI=1S/C23H23N4O3S/c1-16-12-17(2)22(18(3)13-16)27(4)31(29,30)21-9-7-20(8-10-21)26-23(28)25-15-19-6-5-11-24-14-19/h5-14H,2,4,15H2,1,3H3,(H-,25,26,28)/q+1/p+1. The van der Waals surface area contributed by atoms with Gasteiger partial charge < -0.3 is 10.6 Å². The van der Waals surface area contributed by atoms with E-state index in [0.29, 0.717) is 23.5 Å². The smallest absolute Gasteiger partial charge is 0.334 e. The normalized spacial score (nSPS) is 11.0. The highest BCUT2D eigenvalue weighted by Gasteiger charge is 2.35. The molecule has 1 heterocycles. The Morgan fingerprint density at radius 2 is 1.87 bits per heavy atom. The minimum Gasteiger partial charge on any atom is -0.334 e. The van der Waals surface area contributed by atoms with Gasteiger partial charge in [0.1, 0.15) is 4.90 Å². The van der Waals surface area contributed by atoms with Crippen LogP contribution in [0, 0.1) is 20.8 Å². The van der Waals surface area contributed by atoms with E-state index in [1.54, 1.807) is 18.5 Å². The lowest BCUT2D eigenvalue weighted by molar-refractivity contribution is -0.250. The lowest BCUT2D eigenvalue weighted by atomic mass is 10.1. The molecule has 0 unspecified atom stereocenters. The van der Waals surface area contributed by atoms with Crippen LogP contribution < -0.4 is 10.6 Å². The quantitative estimate of drug-likeness (QED) is 0.348. The largest absolute Gasteiger partial charge is 0.411 e. The van der Waals surface area contributed by atoms with Gasteiger partial charge in [-0.25, -0.2) is 4.79 Å². The van der Waals surface area contributed by atoms with Crippen molar-refractivity contribution in [1.82, 2.24) is 10.3 Å². The van der Waals surface area contributed by atoms with E-state index in [1.165, 1.54) is 24.3 Å². The van der Waals surface area contributed by atoms with Crippen molar-refractivity contribution < 1.29 is 17.2 Å². The second-order valence-corrected chi connectivity index (χ2v) is 9.00. The number of rotatable bonds is 6. The molecule has 0 spiro atoms. The van der Waals surface area contributed by atoms with E-state index < -0.39 is 16.1 Å². The summed E-state index contributed by atoms with van der Waals surface area (Å²) in [6.07, 6.45) is 3.32. The molecule has 2 aromatic carbocycles. The summed E-state index contributed by atoms with van der Waals surface area (Å²) in [5.74, 6) is 0. The Bertz CT molecular complexity index is 1200. The maximum absolute atomic E-state index is 13.0. The van der Waals surface area contributed by atoms with E-state index in [1.807, 2.05) is 32.0 Å². The Hall–Kier alpha value is -3.65. The lowest BCUT2D eigenvalue weighted by Crippen LogP contribution is -2.28. The van der Waals surface area contributed by atoms with E-state index in [4.69, 9.17) is 0 Å². The maximum Gasteiger partial charge on any atom is 0.411 e. The number of carbonyl (C=O) groups is 1. The van der Waals surface area contributed by atoms with E-state index in [2.05, 4.69) is 29.3 Å². The molecule has 7 nitrogen and oxygen atoms in total. The average molecular weight is 437 g/mol. The van der Waals surface area contributed by atoms with Crippen LogP contribution in [0.1, 0.15) is 22.3 Å². The first kappa shape index (κ1) is 22.0. The number of nitrogens with zero attached hydrogens (tertiary/aromatic N) is 2. The summed E-state index contributed by atoms with van der Waals surface area (Å²) >= 11 is 0. The van der Waals surface area contributed by atoms with Crippen molar-refractivity contribution in [3.8, 4) is 0 Å². The Kier molecular flexibility index (Phi) is 6.41. The number of sulfonamides is 1. The summed E-state index contributed by atoms with van der Waals surface area (Å²) in [7, 11) is -3.89. The number of hydrogen-bond acceptors (Lipinski definition) is 4. The first-order chi connectivity index (χ1) is 14.7. The van der Waals surface area contributed by atoms with Gasteiger partial charge in [0.25, 0.3) is 0 Å². The van der Waals surface area contributed by atoms with Gasteiger partial charge in [-0.05, 0) is 59.8 Å². The van der Waals surface area contributed by atoms with Gasteiger partial charge in [-0.1, -0.05) is 6.07 Å². The van der Waals surface area contributed by atoms with Crippen LogP contribution in [-0.4, -0.2) is 30.1 Å². The number of amides is 2. The average Bonchev–Trinajstić information content (AvgIpc) is 2.72. The Morgan fingerprint density at radius 3 is 2.48 bits per heavy atom. The lowest BCUT2D eigenvalue weighted by Gasteiger charge is -2.08. The zero-order chi connectivity index (χ0) is 22.6. The second-order valence-electron chi connectivity index (χ2n) is 7.14. The third kappa shape index (κ3) is 5.10. The molecule has 0 atom stereocenters. The molecule has 3 aromatic rings. The van der Waals surface area contributed by atoms with Gasteiger partial charge in [0.05, 0.1) is 11.6 Å². The molecule has 0 saturated carbocycles. The molecule has 0 aliphatic carbocycles. The van der Waals surface area contributed by atoms with Crippen LogP contribution in [0.5, 0.6) is 0 Å². The van der Waals surface area contributed by atoms with Gasteiger partial charge in [0.2, 0.25) is 5.56 Å². The summed E-state index contributed by atoms with van der Waals surface area (Å²) in [6.45, 7) is 11.8. The molecule has 0 saturated heterocycles. The van der Waals surface area contributed by atoms with Gasteiger partial charge in [0, 0.05) is 37.1 Å². The number of nitrogens with one attached hydrogen (secondary N) is 2. The molecule has 2 amide bonds. The van der Waals surface area contributed by atoms with Crippen molar-refractivity contribution in [2.24, 2.45) is 0 Å². The first-order valence-electron chi connectivity index (χ1n) is 9.51. The zero-order valence-corrected chi connectivity index (χ0v) is 18.2.